The highest BCUT2D eigenvalue weighted by Gasteiger charge is 2.50. The molecule has 1 saturated heterocycles. The van der Waals surface area contributed by atoms with Crippen molar-refractivity contribution in [3.05, 3.63) is 108 Å². The third kappa shape index (κ3) is 4.55. The molecule has 0 unspecified atom stereocenters. The standard InChI is InChI=1S/C28H27NO4/c30-24-16-23(19-32-18-20-10-4-1-5-11-20)25(17-24)29-26(21-12-6-2-7-13-21)27(33-28(29)31)22-14-8-3-9-15-22/h1-15,23,25-27H,16-19H2/t23-,25+,26+,27-/m0/s1. The molecule has 1 amide bonds. The zero-order valence-electron chi connectivity index (χ0n) is 18.4. The molecule has 0 bridgehead atoms. The van der Waals surface area contributed by atoms with E-state index in [1.807, 2.05) is 91.0 Å². The average molecular weight is 442 g/mol. The summed E-state index contributed by atoms with van der Waals surface area (Å²) in [5.74, 6) is 0.102. The third-order valence-corrected chi connectivity index (χ3v) is 6.57. The van der Waals surface area contributed by atoms with E-state index in [1.54, 1.807) is 4.90 Å². The summed E-state index contributed by atoms with van der Waals surface area (Å²) in [6.07, 6.45) is -0.0479. The molecule has 3 aromatic carbocycles. The Morgan fingerprint density at radius 2 is 1.39 bits per heavy atom. The van der Waals surface area contributed by atoms with Crippen LogP contribution in [0, 0.1) is 5.92 Å². The fourth-order valence-electron chi connectivity index (χ4n) is 5.02. The Hall–Kier alpha value is -3.44. The second-order valence-electron chi connectivity index (χ2n) is 8.75. The number of ether oxygens (including phenoxy) is 2. The van der Waals surface area contributed by atoms with E-state index in [-0.39, 0.29) is 29.9 Å². The molecule has 1 heterocycles. The second-order valence-corrected chi connectivity index (χ2v) is 8.75. The summed E-state index contributed by atoms with van der Waals surface area (Å²) in [5.41, 5.74) is 3.04. The van der Waals surface area contributed by atoms with Gasteiger partial charge in [0.25, 0.3) is 0 Å². The molecular formula is C28H27NO4. The zero-order chi connectivity index (χ0) is 22.6. The maximum absolute atomic E-state index is 13.2. The molecule has 0 aromatic heterocycles. The fourth-order valence-corrected chi connectivity index (χ4v) is 5.02. The molecule has 0 radical (unpaired) electrons. The topological polar surface area (TPSA) is 55.8 Å². The lowest BCUT2D eigenvalue weighted by molar-refractivity contribution is -0.117. The predicted molar refractivity (Wildman–Crippen MR) is 124 cm³/mol. The van der Waals surface area contributed by atoms with E-state index in [4.69, 9.17) is 9.47 Å². The maximum Gasteiger partial charge on any atom is 0.411 e. The number of nitrogens with zero attached hydrogens (tertiary/aromatic N) is 1. The van der Waals surface area contributed by atoms with Crippen molar-refractivity contribution in [3.8, 4) is 0 Å². The summed E-state index contributed by atoms with van der Waals surface area (Å²) >= 11 is 0. The fraction of sp³-hybridized carbons (Fsp3) is 0.286. The molecule has 1 aliphatic carbocycles. The number of rotatable bonds is 7. The number of hydrogen-bond donors (Lipinski definition) is 0. The Morgan fingerprint density at radius 3 is 2.06 bits per heavy atom. The van der Waals surface area contributed by atoms with Crippen LogP contribution in [0.5, 0.6) is 0 Å². The Labute approximate surface area is 193 Å². The molecule has 0 N–H and O–H groups in total. The van der Waals surface area contributed by atoms with Gasteiger partial charge in [-0.15, -0.1) is 0 Å². The molecule has 0 spiro atoms. The van der Waals surface area contributed by atoms with Gasteiger partial charge in [0.2, 0.25) is 0 Å². The molecule has 33 heavy (non-hydrogen) atoms. The van der Waals surface area contributed by atoms with Crippen LogP contribution in [-0.2, 0) is 20.9 Å². The number of carbonyl (C=O) groups is 2. The van der Waals surface area contributed by atoms with E-state index in [1.165, 1.54) is 0 Å². The number of benzene rings is 3. The van der Waals surface area contributed by atoms with Gasteiger partial charge in [-0.2, -0.15) is 0 Å². The predicted octanol–water partition coefficient (Wildman–Crippen LogP) is 5.49. The van der Waals surface area contributed by atoms with E-state index in [2.05, 4.69) is 0 Å². The van der Waals surface area contributed by atoms with Crippen molar-refractivity contribution in [1.82, 2.24) is 4.90 Å². The van der Waals surface area contributed by atoms with Crippen LogP contribution in [0.3, 0.4) is 0 Å². The van der Waals surface area contributed by atoms with Crippen molar-refractivity contribution in [2.45, 2.75) is 37.6 Å². The van der Waals surface area contributed by atoms with Gasteiger partial charge in [-0.25, -0.2) is 4.79 Å². The van der Waals surface area contributed by atoms with Gasteiger partial charge in [0, 0.05) is 24.8 Å². The number of hydrogen-bond acceptors (Lipinski definition) is 4. The smallest absolute Gasteiger partial charge is 0.411 e. The van der Waals surface area contributed by atoms with Gasteiger partial charge in [0.1, 0.15) is 11.8 Å². The summed E-state index contributed by atoms with van der Waals surface area (Å²) in [7, 11) is 0. The molecule has 168 valence electrons. The minimum Gasteiger partial charge on any atom is -0.439 e. The molecule has 5 heteroatoms. The lowest BCUT2D eigenvalue weighted by atomic mass is 9.92. The summed E-state index contributed by atoms with van der Waals surface area (Å²) in [6.45, 7) is 0.907. The highest BCUT2D eigenvalue weighted by atomic mass is 16.6. The van der Waals surface area contributed by atoms with Crippen LogP contribution in [0.4, 0.5) is 4.79 Å². The monoisotopic (exact) mass is 441 g/mol. The Balaban J connectivity index is 1.41. The lowest BCUT2D eigenvalue weighted by Crippen LogP contribution is -2.41. The van der Waals surface area contributed by atoms with Crippen molar-refractivity contribution in [3.63, 3.8) is 0 Å². The van der Waals surface area contributed by atoms with Crippen molar-refractivity contribution in [2.24, 2.45) is 5.92 Å². The highest BCUT2D eigenvalue weighted by Crippen LogP contribution is 2.47. The summed E-state index contributed by atoms with van der Waals surface area (Å²) in [5, 5.41) is 0. The molecule has 1 aliphatic heterocycles. The summed E-state index contributed by atoms with van der Waals surface area (Å²) in [4.78, 5) is 27.5. The van der Waals surface area contributed by atoms with Crippen molar-refractivity contribution in [1.29, 1.82) is 0 Å². The second kappa shape index (κ2) is 9.59. The SMILES string of the molecule is O=C1C[C@@H](COCc2ccccc2)[C@H](N2C(=O)O[C@@H](c3ccccc3)[C@H]2c2ccccc2)C1. The summed E-state index contributed by atoms with van der Waals surface area (Å²) < 4.78 is 11.9. The first-order valence-corrected chi connectivity index (χ1v) is 11.4. The van der Waals surface area contributed by atoms with Crippen molar-refractivity contribution < 1.29 is 19.1 Å². The van der Waals surface area contributed by atoms with Crippen LogP contribution in [-0.4, -0.2) is 29.4 Å². The van der Waals surface area contributed by atoms with Gasteiger partial charge < -0.3 is 9.47 Å². The Kier molecular flexibility index (Phi) is 6.22. The average Bonchev–Trinajstić information content (AvgIpc) is 3.39. The molecule has 3 aromatic rings. The van der Waals surface area contributed by atoms with E-state index in [0.717, 1.165) is 16.7 Å². The molecule has 4 atom stereocenters. The lowest BCUT2D eigenvalue weighted by Gasteiger charge is -2.33. The van der Waals surface area contributed by atoms with Gasteiger partial charge >= 0.3 is 6.09 Å². The largest absolute Gasteiger partial charge is 0.439 e. The van der Waals surface area contributed by atoms with Crippen LogP contribution in [0.15, 0.2) is 91.0 Å². The summed E-state index contributed by atoms with van der Waals surface area (Å²) in [6, 6.07) is 29.2. The highest BCUT2D eigenvalue weighted by molar-refractivity contribution is 5.83. The molecule has 1 saturated carbocycles. The zero-order valence-corrected chi connectivity index (χ0v) is 18.4. The first-order valence-electron chi connectivity index (χ1n) is 11.4. The Bertz CT molecular complexity index is 1090. The maximum atomic E-state index is 13.2. The Morgan fingerprint density at radius 1 is 0.788 bits per heavy atom. The normalized spacial score (nSPS) is 24.8. The van der Waals surface area contributed by atoms with E-state index in [0.29, 0.717) is 26.1 Å². The van der Waals surface area contributed by atoms with Crippen molar-refractivity contribution in [2.75, 3.05) is 6.61 Å². The van der Waals surface area contributed by atoms with E-state index in [9.17, 15) is 9.59 Å². The van der Waals surface area contributed by atoms with Gasteiger partial charge in [-0.1, -0.05) is 91.0 Å². The van der Waals surface area contributed by atoms with Gasteiger partial charge in [-0.3, -0.25) is 9.69 Å². The molecule has 5 nitrogen and oxygen atoms in total. The van der Waals surface area contributed by atoms with Crippen LogP contribution in [0.2, 0.25) is 0 Å². The minimum absolute atomic E-state index is 0.0607. The van der Waals surface area contributed by atoms with Crippen LogP contribution in [0.25, 0.3) is 0 Å². The van der Waals surface area contributed by atoms with Crippen LogP contribution < -0.4 is 0 Å². The number of amides is 1. The number of carbonyl (C=O) groups excluding carboxylic acids is 2. The third-order valence-electron chi connectivity index (χ3n) is 6.57. The molecule has 2 aliphatic rings. The molecule has 2 fully saturated rings. The molecule has 5 rings (SSSR count). The quantitative estimate of drug-likeness (QED) is 0.487. The minimum atomic E-state index is -0.428. The first-order chi connectivity index (χ1) is 16.2. The molecular weight excluding hydrogens is 414 g/mol. The van der Waals surface area contributed by atoms with Crippen LogP contribution >= 0.6 is 0 Å². The van der Waals surface area contributed by atoms with Gasteiger partial charge in [0.15, 0.2) is 6.10 Å². The number of cyclic esters (lactones) is 1. The van der Waals surface area contributed by atoms with Gasteiger partial charge in [0.05, 0.1) is 13.2 Å². The number of ketones is 1. The van der Waals surface area contributed by atoms with Gasteiger partial charge in [-0.05, 0) is 16.7 Å². The van der Waals surface area contributed by atoms with E-state index >= 15 is 0 Å². The van der Waals surface area contributed by atoms with Crippen molar-refractivity contribution >= 4 is 11.9 Å². The van der Waals surface area contributed by atoms with E-state index < -0.39 is 6.10 Å². The first kappa shape index (κ1) is 21.4. The van der Waals surface area contributed by atoms with Crippen LogP contribution in [0.1, 0.15) is 41.7 Å². The number of Topliss-reactive ketones (excluding diaryl/α,β-unsaturated/α-hetero) is 1.